The van der Waals surface area contributed by atoms with Gasteiger partial charge in [0, 0.05) is 0 Å². The molecule has 2 fully saturated rings. The standard InChI is InChI=1S/C22H26O5/c1-2-26-17-8-6-14(7-9-17)12-15-4-3-5-16(13-15)20-18(23)19(24)21(25)22(27-20)10-11-22/h3-9,13,18-21,23-25H,2,10-12H2,1H3/t18-,19-,20-,21-/m0/s1. The zero-order valence-electron chi connectivity index (χ0n) is 15.4. The highest BCUT2D eigenvalue weighted by atomic mass is 16.6. The van der Waals surface area contributed by atoms with Crippen LogP contribution in [0.4, 0.5) is 0 Å². The predicted molar refractivity (Wildman–Crippen MR) is 101 cm³/mol. The molecular formula is C22H26O5. The molecule has 4 atom stereocenters. The minimum atomic E-state index is -1.19. The number of aliphatic hydroxyl groups is 3. The van der Waals surface area contributed by atoms with E-state index in [4.69, 9.17) is 9.47 Å². The van der Waals surface area contributed by atoms with E-state index in [1.807, 2.05) is 55.5 Å². The maximum Gasteiger partial charge on any atom is 0.119 e. The van der Waals surface area contributed by atoms with Crippen molar-refractivity contribution in [2.45, 2.75) is 56.2 Å². The molecule has 0 amide bonds. The highest BCUT2D eigenvalue weighted by Crippen LogP contribution is 2.51. The van der Waals surface area contributed by atoms with E-state index >= 15 is 0 Å². The average molecular weight is 370 g/mol. The molecule has 5 nitrogen and oxygen atoms in total. The molecule has 2 aromatic rings. The maximum absolute atomic E-state index is 10.4. The van der Waals surface area contributed by atoms with Crippen LogP contribution in [0.1, 0.15) is 42.6 Å². The molecule has 4 rings (SSSR count). The highest BCUT2D eigenvalue weighted by Gasteiger charge is 2.60. The van der Waals surface area contributed by atoms with Crippen molar-refractivity contribution in [1.29, 1.82) is 0 Å². The molecule has 2 aliphatic rings. The second-order valence-electron chi connectivity index (χ2n) is 7.53. The van der Waals surface area contributed by atoms with Crippen LogP contribution in [0.3, 0.4) is 0 Å². The van der Waals surface area contributed by atoms with Gasteiger partial charge >= 0.3 is 0 Å². The Kier molecular flexibility index (Phi) is 4.95. The van der Waals surface area contributed by atoms with Crippen LogP contribution < -0.4 is 4.74 Å². The van der Waals surface area contributed by atoms with Gasteiger partial charge in [-0.05, 0) is 55.0 Å². The summed E-state index contributed by atoms with van der Waals surface area (Å²) in [4.78, 5) is 0. The third-order valence-electron chi connectivity index (χ3n) is 5.55. The summed E-state index contributed by atoms with van der Waals surface area (Å²) in [6.07, 6.45) is -1.84. The van der Waals surface area contributed by atoms with Gasteiger partial charge in [-0.2, -0.15) is 0 Å². The molecule has 0 unspecified atom stereocenters. The van der Waals surface area contributed by atoms with E-state index in [0.29, 0.717) is 19.4 Å². The maximum atomic E-state index is 10.4. The van der Waals surface area contributed by atoms with E-state index < -0.39 is 30.0 Å². The first-order chi connectivity index (χ1) is 13.0. The zero-order chi connectivity index (χ0) is 19.0. The molecule has 1 aliphatic carbocycles. The normalized spacial score (nSPS) is 28.9. The van der Waals surface area contributed by atoms with Gasteiger partial charge in [-0.15, -0.1) is 0 Å². The molecule has 3 N–H and O–H groups in total. The van der Waals surface area contributed by atoms with Crippen LogP contribution in [0.5, 0.6) is 5.75 Å². The van der Waals surface area contributed by atoms with Gasteiger partial charge in [0.1, 0.15) is 30.2 Å². The molecule has 144 valence electrons. The molecule has 1 saturated carbocycles. The van der Waals surface area contributed by atoms with Gasteiger partial charge in [0.15, 0.2) is 0 Å². The Labute approximate surface area is 159 Å². The largest absolute Gasteiger partial charge is 0.494 e. The summed E-state index contributed by atoms with van der Waals surface area (Å²) in [6.45, 7) is 2.61. The zero-order valence-corrected chi connectivity index (χ0v) is 15.4. The Morgan fingerprint density at radius 2 is 1.74 bits per heavy atom. The van der Waals surface area contributed by atoms with Crippen LogP contribution in [0, 0.1) is 0 Å². The van der Waals surface area contributed by atoms with Crippen LogP contribution in [0.15, 0.2) is 48.5 Å². The summed E-state index contributed by atoms with van der Waals surface area (Å²) in [5, 5.41) is 30.8. The van der Waals surface area contributed by atoms with E-state index in [0.717, 1.165) is 28.9 Å². The third kappa shape index (κ3) is 3.60. The summed E-state index contributed by atoms with van der Waals surface area (Å²) in [6, 6.07) is 15.9. The number of benzene rings is 2. The Balaban J connectivity index is 1.52. The SMILES string of the molecule is CCOc1ccc(Cc2cccc([C@@H]3OC4(CC4)[C@@H](O)[C@@H](O)[C@@H]3O)c2)cc1. The van der Waals surface area contributed by atoms with Crippen molar-refractivity contribution in [2.24, 2.45) is 0 Å². The number of hydrogen-bond acceptors (Lipinski definition) is 5. The lowest BCUT2D eigenvalue weighted by Crippen LogP contribution is -2.55. The quantitative estimate of drug-likeness (QED) is 0.753. The lowest BCUT2D eigenvalue weighted by molar-refractivity contribution is -0.236. The van der Waals surface area contributed by atoms with E-state index in [-0.39, 0.29) is 0 Å². The molecule has 1 spiro atoms. The molecule has 1 aliphatic heterocycles. The van der Waals surface area contributed by atoms with Crippen LogP contribution in [0.25, 0.3) is 0 Å². The fraction of sp³-hybridized carbons (Fsp3) is 0.455. The van der Waals surface area contributed by atoms with Crippen molar-refractivity contribution in [3.63, 3.8) is 0 Å². The van der Waals surface area contributed by atoms with Gasteiger partial charge < -0.3 is 24.8 Å². The van der Waals surface area contributed by atoms with Crippen molar-refractivity contribution < 1.29 is 24.8 Å². The van der Waals surface area contributed by atoms with Crippen LogP contribution in [-0.2, 0) is 11.2 Å². The molecule has 5 heteroatoms. The molecular weight excluding hydrogens is 344 g/mol. The summed E-state index contributed by atoms with van der Waals surface area (Å²) in [5.74, 6) is 0.857. The fourth-order valence-electron chi connectivity index (χ4n) is 3.86. The molecule has 0 radical (unpaired) electrons. The topological polar surface area (TPSA) is 79.2 Å². The summed E-state index contributed by atoms with van der Waals surface area (Å²) in [7, 11) is 0. The second-order valence-corrected chi connectivity index (χ2v) is 7.53. The number of hydrogen-bond donors (Lipinski definition) is 3. The first kappa shape index (κ1) is 18.4. The summed E-state index contributed by atoms with van der Waals surface area (Å²) >= 11 is 0. The van der Waals surface area contributed by atoms with E-state index in [2.05, 4.69) is 0 Å². The van der Waals surface area contributed by atoms with Crippen LogP contribution in [0.2, 0.25) is 0 Å². The first-order valence-corrected chi connectivity index (χ1v) is 9.55. The highest BCUT2D eigenvalue weighted by molar-refractivity contribution is 5.34. The van der Waals surface area contributed by atoms with Crippen molar-refractivity contribution in [2.75, 3.05) is 6.61 Å². The number of ether oxygens (including phenoxy) is 2. The predicted octanol–water partition coefficient (Wildman–Crippen LogP) is 2.36. The first-order valence-electron chi connectivity index (χ1n) is 9.55. The molecule has 1 saturated heterocycles. The van der Waals surface area contributed by atoms with Crippen molar-refractivity contribution in [1.82, 2.24) is 0 Å². The van der Waals surface area contributed by atoms with Crippen molar-refractivity contribution >= 4 is 0 Å². The fourth-order valence-corrected chi connectivity index (χ4v) is 3.86. The third-order valence-corrected chi connectivity index (χ3v) is 5.55. The van der Waals surface area contributed by atoms with E-state index in [9.17, 15) is 15.3 Å². The second kappa shape index (κ2) is 7.24. The van der Waals surface area contributed by atoms with Gasteiger partial charge in [-0.25, -0.2) is 0 Å². The molecule has 2 aromatic carbocycles. The Bertz CT molecular complexity index is 784. The number of rotatable bonds is 5. The molecule has 0 aromatic heterocycles. The van der Waals surface area contributed by atoms with Crippen molar-refractivity contribution in [3.05, 3.63) is 65.2 Å². The Morgan fingerprint density at radius 1 is 1.00 bits per heavy atom. The summed E-state index contributed by atoms with van der Waals surface area (Å²) in [5.41, 5.74) is 2.38. The lowest BCUT2D eigenvalue weighted by Gasteiger charge is -2.41. The Morgan fingerprint density at radius 3 is 2.41 bits per heavy atom. The van der Waals surface area contributed by atoms with Gasteiger partial charge in [0.2, 0.25) is 0 Å². The van der Waals surface area contributed by atoms with Gasteiger partial charge in [-0.1, -0.05) is 36.4 Å². The monoisotopic (exact) mass is 370 g/mol. The van der Waals surface area contributed by atoms with Gasteiger partial charge in [-0.3, -0.25) is 0 Å². The van der Waals surface area contributed by atoms with Crippen molar-refractivity contribution in [3.8, 4) is 5.75 Å². The smallest absolute Gasteiger partial charge is 0.119 e. The average Bonchev–Trinajstić information content (AvgIpc) is 3.46. The molecule has 0 bridgehead atoms. The minimum absolute atomic E-state index is 0.633. The summed E-state index contributed by atoms with van der Waals surface area (Å²) < 4.78 is 11.5. The Hall–Kier alpha value is -1.92. The molecule has 1 heterocycles. The van der Waals surface area contributed by atoms with Gasteiger partial charge in [0.05, 0.1) is 12.2 Å². The van der Waals surface area contributed by atoms with Crippen LogP contribution in [-0.4, -0.2) is 45.8 Å². The van der Waals surface area contributed by atoms with E-state index in [1.165, 1.54) is 0 Å². The molecule has 27 heavy (non-hydrogen) atoms. The van der Waals surface area contributed by atoms with Crippen LogP contribution >= 0.6 is 0 Å². The minimum Gasteiger partial charge on any atom is -0.494 e. The lowest BCUT2D eigenvalue weighted by atomic mass is 9.89. The number of aliphatic hydroxyl groups excluding tert-OH is 3. The van der Waals surface area contributed by atoms with Gasteiger partial charge in [0.25, 0.3) is 0 Å². The van der Waals surface area contributed by atoms with E-state index in [1.54, 1.807) is 0 Å².